The maximum Gasteiger partial charge on any atom is 0.335 e. The molecule has 100 valence electrons. The lowest BCUT2D eigenvalue weighted by atomic mass is 10.1. The van der Waals surface area contributed by atoms with Crippen molar-refractivity contribution < 1.29 is 19.1 Å². The van der Waals surface area contributed by atoms with Gasteiger partial charge in [0, 0.05) is 6.54 Å². The third-order valence-electron chi connectivity index (χ3n) is 3.02. The summed E-state index contributed by atoms with van der Waals surface area (Å²) in [5.41, 5.74) is 6.43. The van der Waals surface area contributed by atoms with Crippen LogP contribution in [0.15, 0.2) is 35.7 Å². The van der Waals surface area contributed by atoms with Gasteiger partial charge in [-0.15, -0.1) is 0 Å². The van der Waals surface area contributed by atoms with Crippen LogP contribution in [0.2, 0.25) is 0 Å². The molecule has 19 heavy (non-hydrogen) atoms. The highest BCUT2D eigenvalue weighted by atomic mass is 19.1. The maximum absolute atomic E-state index is 12.7. The fraction of sp³-hybridized carbons (Fsp3) is 0.231. The molecule has 0 spiro atoms. The predicted octanol–water partition coefficient (Wildman–Crippen LogP) is 0.855. The molecular weight excluding hydrogens is 251 g/mol. The number of hydrogen-bond acceptors (Lipinski definition) is 3. The lowest BCUT2D eigenvalue weighted by molar-refractivity contribution is -0.134. The molecular formula is C13H13FN2O3. The highest BCUT2D eigenvalue weighted by Crippen LogP contribution is 2.21. The van der Waals surface area contributed by atoms with Gasteiger partial charge in [-0.1, -0.05) is 12.1 Å². The van der Waals surface area contributed by atoms with E-state index in [4.69, 9.17) is 10.8 Å². The van der Waals surface area contributed by atoms with Gasteiger partial charge in [-0.2, -0.15) is 0 Å². The monoisotopic (exact) mass is 264 g/mol. The van der Waals surface area contributed by atoms with E-state index in [1.165, 1.54) is 17.0 Å². The Bertz CT molecular complexity index is 552. The first kappa shape index (κ1) is 13.1. The van der Waals surface area contributed by atoms with Gasteiger partial charge in [0.2, 0.25) is 5.91 Å². The van der Waals surface area contributed by atoms with Crippen LogP contribution in [0.4, 0.5) is 4.39 Å². The second-order valence-electron chi connectivity index (χ2n) is 4.27. The third-order valence-corrected chi connectivity index (χ3v) is 3.02. The molecule has 5 nitrogen and oxygen atoms in total. The van der Waals surface area contributed by atoms with Crippen LogP contribution in [0.25, 0.3) is 0 Å². The molecule has 2 rings (SSSR count). The normalized spacial score (nSPS) is 15.2. The number of nitrogens with two attached hydrogens (primary N) is 1. The second-order valence-corrected chi connectivity index (χ2v) is 4.27. The summed E-state index contributed by atoms with van der Waals surface area (Å²) in [6, 6.07) is 5.91. The first-order valence-corrected chi connectivity index (χ1v) is 5.75. The molecule has 0 aromatic heterocycles. The van der Waals surface area contributed by atoms with Gasteiger partial charge in [0.1, 0.15) is 11.6 Å². The number of aliphatic carboxylic acids is 1. The first-order valence-electron chi connectivity index (χ1n) is 5.75. The van der Waals surface area contributed by atoms with Gasteiger partial charge in [0.05, 0.1) is 12.0 Å². The van der Waals surface area contributed by atoms with Crippen molar-refractivity contribution in [2.45, 2.75) is 12.8 Å². The average Bonchev–Trinajstić information content (AvgIpc) is 2.65. The Morgan fingerprint density at radius 3 is 2.53 bits per heavy atom. The standard InChI is InChI=1S/C13H13FN2O3/c14-9-3-1-8(2-4-9)5-6-16-11(17)7-10(12(16)15)13(18)19/h1-4H,5-7,15H2,(H,18,19). The van der Waals surface area contributed by atoms with Crippen molar-refractivity contribution in [3.05, 3.63) is 47.0 Å². The number of halogens is 1. The van der Waals surface area contributed by atoms with E-state index in [-0.39, 0.29) is 36.1 Å². The van der Waals surface area contributed by atoms with Crippen molar-refractivity contribution in [2.75, 3.05) is 6.54 Å². The molecule has 1 aliphatic rings. The molecule has 3 N–H and O–H groups in total. The Hall–Kier alpha value is -2.37. The van der Waals surface area contributed by atoms with Gasteiger partial charge in [0.25, 0.3) is 0 Å². The van der Waals surface area contributed by atoms with E-state index in [0.29, 0.717) is 6.42 Å². The molecule has 0 fully saturated rings. The van der Waals surface area contributed by atoms with Gasteiger partial charge >= 0.3 is 5.97 Å². The molecule has 0 bridgehead atoms. The van der Waals surface area contributed by atoms with Gasteiger partial charge in [-0.05, 0) is 24.1 Å². The molecule has 1 heterocycles. The number of benzene rings is 1. The van der Waals surface area contributed by atoms with E-state index in [1.54, 1.807) is 12.1 Å². The molecule has 0 aliphatic carbocycles. The minimum absolute atomic E-state index is 0.000360. The number of hydrogen-bond donors (Lipinski definition) is 2. The predicted molar refractivity (Wildman–Crippen MR) is 65.3 cm³/mol. The number of amides is 1. The molecule has 1 amide bonds. The summed E-state index contributed by atoms with van der Waals surface area (Å²) in [5, 5.41) is 8.88. The van der Waals surface area contributed by atoms with E-state index >= 15 is 0 Å². The lowest BCUT2D eigenvalue weighted by Gasteiger charge is -2.17. The van der Waals surface area contributed by atoms with E-state index in [2.05, 4.69) is 0 Å². The SMILES string of the molecule is NC1=C(C(=O)O)CC(=O)N1CCc1ccc(F)cc1. The van der Waals surface area contributed by atoms with E-state index in [9.17, 15) is 14.0 Å². The van der Waals surface area contributed by atoms with Crippen LogP contribution >= 0.6 is 0 Å². The van der Waals surface area contributed by atoms with Crippen LogP contribution in [-0.4, -0.2) is 28.4 Å². The Kier molecular flexibility index (Phi) is 3.50. The smallest absolute Gasteiger partial charge is 0.335 e. The minimum atomic E-state index is -1.17. The van der Waals surface area contributed by atoms with Gasteiger partial charge in [-0.25, -0.2) is 9.18 Å². The van der Waals surface area contributed by atoms with Crippen LogP contribution in [0, 0.1) is 5.82 Å². The van der Waals surface area contributed by atoms with E-state index in [0.717, 1.165) is 5.56 Å². The molecule has 1 aromatic carbocycles. The molecule has 0 saturated heterocycles. The van der Waals surface area contributed by atoms with Gasteiger partial charge in [0.15, 0.2) is 0 Å². The number of carbonyl (C=O) groups excluding carboxylic acids is 1. The number of nitrogens with zero attached hydrogens (tertiary/aromatic N) is 1. The Balaban J connectivity index is 2.05. The van der Waals surface area contributed by atoms with Crippen LogP contribution in [0.3, 0.4) is 0 Å². The molecule has 1 aromatic rings. The summed E-state index contributed by atoms with van der Waals surface area (Å²) in [5.74, 6) is -1.82. The number of rotatable bonds is 4. The van der Waals surface area contributed by atoms with E-state index < -0.39 is 5.97 Å². The number of carboxylic acid groups (broad SMARTS) is 1. The Morgan fingerprint density at radius 2 is 2.00 bits per heavy atom. The fourth-order valence-corrected chi connectivity index (χ4v) is 1.96. The summed E-state index contributed by atoms with van der Waals surface area (Å²) < 4.78 is 12.7. The zero-order valence-corrected chi connectivity index (χ0v) is 10.1. The zero-order chi connectivity index (χ0) is 14.0. The number of carbonyl (C=O) groups is 2. The van der Waals surface area contributed by atoms with Crippen LogP contribution < -0.4 is 5.73 Å². The summed E-state index contributed by atoms with van der Waals surface area (Å²) in [7, 11) is 0. The maximum atomic E-state index is 12.7. The van der Waals surface area contributed by atoms with Crippen molar-refractivity contribution >= 4 is 11.9 Å². The number of carboxylic acids is 1. The molecule has 0 unspecified atom stereocenters. The summed E-state index contributed by atoms with van der Waals surface area (Å²) in [6.07, 6.45) is 0.310. The fourth-order valence-electron chi connectivity index (χ4n) is 1.96. The summed E-state index contributed by atoms with van der Waals surface area (Å²) in [4.78, 5) is 23.8. The Labute approximate surface area is 109 Å². The topological polar surface area (TPSA) is 83.6 Å². The minimum Gasteiger partial charge on any atom is -0.478 e. The van der Waals surface area contributed by atoms with Gasteiger partial charge in [-0.3, -0.25) is 9.69 Å². The first-order chi connectivity index (χ1) is 8.99. The van der Waals surface area contributed by atoms with Crippen molar-refractivity contribution in [3.63, 3.8) is 0 Å². The molecule has 6 heteroatoms. The second kappa shape index (κ2) is 5.09. The largest absolute Gasteiger partial charge is 0.478 e. The third kappa shape index (κ3) is 2.73. The average molecular weight is 264 g/mol. The van der Waals surface area contributed by atoms with Crippen LogP contribution in [0.5, 0.6) is 0 Å². The Morgan fingerprint density at radius 1 is 1.37 bits per heavy atom. The molecule has 0 saturated carbocycles. The van der Waals surface area contributed by atoms with E-state index in [1.807, 2.05) is 0 Å². The molecule has 0 radical (unpaired) electrons. The quantitative estimate of drug-likeness (QED) is 0.844. The van der Waals surface area contributed by atoms with Crippen molar-refractivity contribution in [1.29, 1.82) is 0 Å². The van der Waals surface area contributed by atoms with Gasteiger partial charge < -0.3 is 10.8 Å². The summed E-state index contributed by atoms with van der Waals surface area (Å²) >= 11 is 0. The van der Waals surface area contributed by atoms with Crippen LogP contribution in [-0.2, 0) is 16.0 Å². The van der Waals surface area contributed by atoms with Crippen molar-refractivity contribution in [2.24, 2.45) is 5.73 Å². The highest BCUT2D eigenvalue weighted by Gasteiger charge is 2.31. The summed E-state index contributed by atoms with van der Waals surface area (Å²) in [6.45, 7) is 0.285. The molecule has 0 atom stereocenters. The zero-order valence-electron chi connectivity index (χ0n) is 10.1. The molecule has 1 aliphatic heterocycles. The van der Waals surface area contributed by atoms with Crippen LogP contribution in [0.1, 0.15) is 12.0 Å². The van der Waals surface area contributed by atoms with Crippen molar-refractivity contribution in [3.8, 4) is 0 Å². The van der Waals surface area contributed by atoms with Crippen molar-refractivity contribution in [1.82, 2.24) is 4.90 Å². The highest BCUT2D eigenvalue weighted by molar-refractivity contribution is 5.99. The lowest BCUT2D eigenvalue weighted by Crippen LogP contribution is -2.31.